The molecule has 0 aliphatic rings. The predicted molar refractivity (Wildman–Crippen MR) is 135 cm³/mol. The van der Waals surface area contributed by atoms with E-state index < -0.39 is 29.7 Å². The van der Waals surface area contributed by atoms with Gasteiger partial charge in [-0.15, -0.1) is 0 Å². The lowest BCUT2D eigenvalue weighted by Gasteiger charge is -2.25. The molecule has 36 heavy (non-hydrogen) atoms. The van der Waals surface area contributed by atoms with Crippen LogP contribution in [0.15, 0.2) is 36.4 Å². The summed E-state index contributed by atoms with van der Waals surface area (Å²) in [6.07, 6.45) is 0.631. The Morgan fingerprint density at radius 3 is 2.08 bits per heavy atom. The zero-order chi connectivity index (χ0) is 26.8. The topological polar surface area (TPSA) is 86.7 Å². The number of ketones is 1. The lowest BCUT2D eigenvalue weighted by Crippen LogP contribution is -2.45. The SMILES string of the molecule is CCCN(CCC)C(=O)c1cc(C)cc(C(=O)NC(Cc2cc(F)cc(F)c2)C(O)CCC(C)=O)c1. The molecule has 0 heterocycles. The maximum Gasteiger partial charge on any atom is 0.253 e. The van der Waals surface area contributed by atoms with Crippen molar-refractivity contribution in [3.05, 3.63) is 70.3 Å². The van der Waals surface area contributed by atoms with Crippen molar-refractivity contribution in [2.45, 2.75) is 71.9 Å². The van der Waals surface area contributed by atoms with E-state index in [4.69, 9.17) is 0 Å². The number of rotatable bonds is 13. The Balaban J connectivity index is 2.31. The Kier molecular flexibility index (Phi) is 11.2. The molecule has 2 N–H and O–H groups in total. The summed E-state index contributed by atoms with van der Waals surface area (Å²) in [6, 6.07) is 7.00. The maximum atomic E-state index is 13.7. The highest BCUT2D eigenvalue weighted by Crippen LogP contribution is 2.17. The van der Waals surface area contributed by atoms with E-state index in [9.17, 15) is 28.3 Å². The van der Waals surface area contributed by atoms with Crippen molar-refractivity contribution in [3.8, 4) is 0 Å². The number of benzene rings is 2. The van der Waals surface area contributed by atoms with Gasteiger partial charge in [0.15, 0.2) is 0 Å². The number of Topliss-reactive ketones (excluding diaryl/α,β-unsaturated/α-hetero) is 1. The molecule has 0 spiro atoms. The average Bonchev–Trinajstić information content (AvgIpc) is 2.80. The van der Waals surface area contributed by atoms with Crippen LogP contribution in [0.4, 0.5) is 8.78 Å². The number of aliphatic hydroxyl groups excluding tert-OH is 1. The minimum absolute atomic E-state index is 0.0438. The molecule has 0 saturated carbocycles. The number of nitrogens with one attached hydrogen (secondary N) is 1. The van der Waals surface area contributed by atoms with Crippen molar-refractivity contribution in [3.63, 3.8) is 0 Å². The van der Waals surface area contributed by atoms with Crippen LogP contribution in [0.3, 0.4) is 0 Å². The van der Waals surface area contributed by atoms with E-state index in [1.54, 1.807) is 24.0 Å². The molecule has 0 bridgehead atoms. The van der Waals surface area contributed by atoms with E-state index in [1.165, 1.54) is 13.0 Å². The van der Waals surface area contributed by atoms with Crippen molar-refractivity contribution in [1.82, 2.24) is 10.2 Å². The monoisotopic (exact) mass is 502 g/mol. The van der Waals surface area contributed by atoms with Gasteiger partial charge < -0.3 is 20.1 Å². The minimum atomic E-state index is -1.13. The van der Waals surface area contributed by atoms with Crippen LogP contribution in [0, 0.1) is 18.6 Å². The summed E-state index contributed by atoms with van der Waals surface area (Å²) >= 11 is 0. The number of carbonyl (C=O) groups excluding carboxylic acids is 3. The second kappa shape index (κ2) is 13.8. The molecule has 2 aromatic carbocycles. The summed E-state index contributed by atoms with van der Waals surface area (Å²) in [4.78, 5) is 39.5. The van der Waals surface area contributed by atoms with Crippen LogP contribution in [0.2, 0.25) is 0 Å². The van der Waals surface area contributed by atoms with Crippen LogP contribution in [-0.4, -0.2) is 52.8 Å². The second-order valence-electron chi connectivity index (χ2n) is 9.25. The molecule has 0 aromatic heterocycles. The molecule has 2 rings (SSSR count). The van der Waals surface area contributed by atoms with E-state index in [-0.39, 0.29) is 42.1 Å². The fraction of sp³-hybridized carbons (Fsp3) is 0.464. The Morgan fingerprint density at radius 1 is 0.944 bits per heavy atom. The lowest BCUT2D eigenvalue weighted by molar-refractivity contribution is -0.117. The van der Waals surface area contributed by atoms with Crippen LogP contribution in [-0.2, 0) is 11.2 Å². The first-order chi connectivity index (χ1) is 17.0. The van der Waals surface area contributed by atoms with Gasteiger partial charge in [-0.25, -0.2) is 8.78 Å². The molecular weight excluding hydrogens is 466 g/mol. The quantitative estimate of drug-likeness (QED) is 0.419. The minimum Gasteiger partial charge on any atom is -0.391 e. The van der Waals surface area contributed by atoms with Gasteiger partial charge in [-0.3, -0.25) is 9.59 Å². The largest absolute Gasteiger partial charge is 0.391 e. The van der Waals surface area contributed by atoms with E-state index in [0.717, 1.165) is 36.6 Å². The number of halogens is 2. The molecule has 6 nitrogen and oxygen atoms in total. The highest BCUT2D eigenvalue weighted by molar-refractivity contribution is 6.00. The number of nitrogens with zero attached hydrogens (tertiary/aromatic N) is 1. The normalized spacial score (nSPS) is 12.6. The van der Waals surface area contributed by atoms with E-state index in [2.05, 4.69) is 5.32 Å². The zero-order valence-corrected chi connectivity index (χ0v) is 21.4. The van der Waals surface area contributed by atoms with Crippen LogP contribution in [0.25, 0.3) is 0 Å². The number of carbonyl (C=O) groups is 3. The van der Waals surface area contributed by atoms with Gasteiger partial charge in [0.2, 0.25) is 0 Å². The van der Waals surface area contributed by atoms with E-state index in [1.807, 2.05) is 13.8 Å². The summed E-state index contributed by atoms with van der Waals surface area (Å²) in [5, 5.41) is 13.5. The molecule has 196 valence electrons. The summed E-state index contributed by atoms with van der Waals surface area (Å²) in [5.74, 6) is -2.35. The molecule has 0 saturated heterocycles. The highest BCUT2D eigenvalue weighted by Gasteiger charge is 2.24. The first-order valence-corrected chi connectivity index (χ1v) is 12.4. The number of aryl methyl sites for hydroxylation is 1. The number of aliphatic hydroxyl groups is 1. The van der Waals surface area contributed by atoms with Gasteiger partial charge in [-0.2, -0.15) is 0 Å². The predicted octanol–water partition coefficient (Wildman–Crippen LogP) is 4.61. The summed E-state index contributed by atoms with van der Waals surface area (Å²) in [7, 11) is 0. The van der Waals surface area contributed by atoms with Crippen molar-refractivity contribution in [1.29, 1.82) is 0 Å². The molecule has 2 atom stereocenters. The molecule has 0 aliphatic heterocycles. The summed E-state index contributed by atoms with van der Waals surface area (Å²) < 4.78 is 27.5. The van der Waals surface area contributed by atoms with Gasteiger partial charge in [0, 0.05) is 36.7 Å². The third-order valence-electron chi connectivity index (χ3n) is 5.81. The maximum absolute atomic E-state index is 13.7. The molecule has 0 aliphatic carbocycles. The molecule has 0 radical (unpaired) electrons. The Morgan fingerprint density at radius 2 is 1.53 bits per heavy atom. The number of amides is 2. The number of hydrogen-bond donors (Lipinski definition) is 2. The molecule has 2 amide bonds. The van der Waals surface area contributed by atoms with Crippen LogP contribution in [0.1, 0.15) is 78.3 Å². The first-order valence-electron chi connectivity index (χ1n) is 12.4. The standard InChI is InChI=1S/C28H36F2N2O4/c1-5-9-32(10-6-2)28(36)22-12-18(3)11-21(16-22)27(35)31-25(26(34)8-7-19(4)33)15-20-13-23(29)17-24(30)14-20/h11-14,16-17,25-26,34H,5-10,15H2,1-4H3,(H,31,35). The van der Waals surface area contributed by atoms with Crippen LogP contribution >= 0.6 is 0 Å². The third kappa shape index (κ3) is 8.82. The van der Waals surface area contributed by atoms with E-state index in [0.29, 0.717) is 18.7 Å². The van der Waals surface area contributed by atoms with Gasteiger partial charge in [-0.05, 0) is 81.0 Å². The van der Waals surface area contributed by atoms with Gasteiger partial charge in [0.1, 0.15) is 17.4 Å². The molecule has 8 heteroatoms. The fourth-order valence-corrected chi connectivity index (χ4v) is 4.15. The average molecular weight is 503 g/mol. The smallest absolute Gasteiger partial charge is 0.253 e. The van der Waals surface area contributed by atoms with Crippen LogP contribution < -0.4 is 5.32 Å². The van der Waals surface area contributed by atoms with Gasteiger partial charge in [-0.1, -0.05) is 13.8 Å². The van der Waals surface area contributed by atoms with Crippen molar-refractivity contribution in [2.24, 2.45) is 0 Å². The summed E-state index contributed by atoms with van der Waals surface area (Å²) in [5.41, 5.74) is 1.61. The Bertz CT molecular complexity index is 1050. The molecule has 2 aromatic rings. The van der Waals surface area contributed by atoms with E-state index >= 15 is 0 Å². The van der Waals surface area contributed by atoms with Gasteiger partial charge >= 0.3 is 0 Å². The Hall–Kier alpha value is -3.13. The van der Waals surface area contributed by atoms with Crippen LogP contribution in [0.5, 0.6) is 0 Å². The van der Waals surface area contributed by atoms with Crippen molar-refractivity contribution < 1.29 is 28.3 Å². The van der Waals surface area contributed by atoms with Gasteiger partial charge in [0.05, 0.1) is 12.1 Å². The lowest BCUT2D eigenvalue weighted by atomic mass is 9.96. The second-order valence-corrected chi connectivity index (χ2v) is 9.25. The first kappa shape index (κ1) is 29.1. The highest BCUT2D eigenvalue weighted by atomic mass is 19.1. The van der Waals surface area contributed by atoms with Crippen molar-refractivity contribution >= 4 is 17.6 Å². The molecular formula is C28H36F2N2O4. The summed E-state index contributed by atoms with van der Waals surface area (Å²) in [6.45, 7) is 8.38. The molecule has 2 unspecified atom stereocenters. The van der Waals surface area contributed by atoms with Gasteiger partial charge in [0.25, 0.3) is 11.8 Å². The zero-order valence-electron chi connectivity index (χ0n) is 21.4. The Labute approximate surface area is 211 Å². The molecule has 0 fully saturated rings. The number of hydrogen-bond acceptors (Lipinski definition) is 4. The van der Waals surface area contributed by atoms with Crippen molar-refractivity contribution in [2.75, 3.05) is 13.1 Å². The third-order valence-corrected chi connectivity index (χ3v) is 5.81. The fourth-order valence-electron chi connectivity index (χ4n) is 4.15.